The van der Waals surface area contributed by atoms with Crippen molar-refractivity contribution in [1.82, 2.24) is 5.32 Å². The second-order valence-electron chi connectivity index (χ2n) is 4.86. The van der Waals surface area contributed by atoms with E-state index in [1.165, 1.54) is 0 Å². The van der Waals surface area contributed by atoms with E-state index in [1.54, 1.807) is 19.2 Å². The molecule has 5 heteroatoms. The largest absolute Gasteiger partial charge is 0.496 e. The third-order valence-electron chi connectivity index (χ3n) is 3.41. The lowest BCUT2D eigenvalue weighted by atomic mass is 10.1. The molecule has 0 aliphatic carbocycles. The van der Waals surface area contributed by atoms with Gasteiger partial charge in [-0.05, 0) is 29.8 Å². The molecule has 0 saturated carbocycles. The predicted molar refractivity (Wildman–Crippen MR) is 81.6 cm³/mol. The number of fused-ring (bicyclic) bond motifs is 1. The summed E-state index contributed by atoms with van der Waals surface area (Å²) in [6.07, 6.45) is 0. The maximum Gasteiger partial charge on any atom is 0.255 e. The monoisotopic (exact) mass is 299 g/mol. The van der Waals surface area contributed by atoms with Gasteiger partial charge in [0.25, 0.3) is 5.91 Å². The first-order valence-electron chi connectivity index (χ1n) is 7.07. The Morgan fingerprint density at radius 2 is 1.91 bits per heavy atom. The van der Waals surface area contributed by atoms with E-state index in [4.69, 9.17) is 14.2 Å². The lowest BCUT2D eigenvalue weighted by molar-refractivity contribution is 0.0947. The fraction of sp³-hybridized carbons (Fsp3) is 0.235. The van der Waals surface area contributed by atoms with Gasteiger partial charge in [0.05, 0.1) is 12.7 Å². The molecule has 1 aliphatic rings. The molecule has 0 unspecified atom stereocenters. The van der Waals surface area contributed by atoms with Gasteiger partial charge >= 0.3 is 0 Å². The molecule has 0 atom stereocenters. The zero-order chi connectivity index (χ0) is 15.4. The average Bonchev–Trinajstić information content (AvgIpc) is 2.59. The number of hydrogen-bond acceptors (Lipinski definition) is 4. The zero-order valence-electron chi connectivity index (χ0n) is 12.3. The van der Waals surface area contributed by atoms with Gasteiger partial charge in [-0.1, -0.05) is 18.2 Å². The van der Waals surface area contributed by atoms with Crippen LogP contribution < -0.4 is 19.5 Å². The van der Waals surface area contributed by atoms with Gasteiger partial charge in [-0.25, -0.2) is 0 Å². The van der Waals surface area contributed by atoms with Crippen LogP contribution in [0.1, 0.15) is 15.9 Å². The Morgan fingerprint density at radius 3 is 2.73 bits per heavy atom. The highest BCUT2D eigenvalue weighted by atomic mass is 16.6. The maximum atomic E-state index is 12.2. The first-order valence-corrected chi connectivity index (χ1v) is 7.07. The van der Waals surface area contributed by atoms with E-state index in [0.717, 1.165) is 17.1 Å². The number of methoxy groups -OCH3 is 1. The molecule has 1 aliphatic heterocycles. The third kappa shape index (κ3) is 2.98. The molecule has 114 valence electrons. The molecule has 0 spiro atoms. The Labute approximate surface area is 128 Å². The summed E-state index contributed by atoms with van der Waals surface area (Å²) in [5.74, 6) is 1.84. The van der Waals surface area contributed by atoms with Gasteiger partial charge in [-0.3, -0.25) is 4.79 Å². The highest BCUT2D eigenvalue weighted by molar-refractivity contribution is 5.96. The number of amides is 1. The number of ether oxygens (including phenoxy) is 3. The van der Waals surface area contributed by atoms with Crippen LogP contribution in [0.4, 0.5) is 0 Å². The van der Waals surface area contributed by atoms with Crippen molar-refractivity contribution in [1.29, 1.82) is 0 Å². The number of carbonyl (C=O) groups excluding carboxylic acids is 1. The van der Waals surface area contributed by atoms with Crippen LogP contribution in [-0.4, -0.2) is 26.2 Å². The van der Waals surface area contributed by atoms with Gasteiger partial charge in [0.15, 0.2) is 11.5 Å². The fourth-order valence-corrected chi connectivity index (χ4v) is 2.31. The van der Waals surface area contributed by atoms with Crippen LogP contribution in [0.15, 0.2) is 42.5 Å². The SMILES string of the molecule is COc1ccccc1C(=O)NCc1ccc2c(c1)OCCO2. The summed E-state index contributed by atoms with van der Waals surface area (Å²) >= 11 is 0. The normalized spacial score (nSPS) is 12.6. The minimum atomic E-state index is -0.174. The summed E-state index contributed by atoms with van der Waals surface area (Å²) in [7, 11) is 1.55. The summed E-state index contributed by atoms with van der Waals surface area (Å²) in [5.41, 5.74) is 1.47. The first-order chi connectivity index (χ1) is 10.8. The second-order valence-corrected chi connectivity index (χ2v) is 4.86. The molecule has 1 N–H and O–H groups in total. The standard InChI is InChI=1S/C17H17NO4/c1-20-14-5-3-2-4-13(14)17(19)18-11-12-6-7-15-16(10-12)22-9-8-21-15/h2-7,10H,8-9,11H2,1H3,(H,18,19). The lowest BCUT2D eigenvalue weighted by Gasteiger charge is -2.19. The van der Waals surface area contributed by atoms with Gasteiger partial charge in [0.2, 0.25) is 0 Å². The van der Waals surface area contributed by atoms with Crippen LogP contribution in [0.5, 0.6) is 17.2 Å². The van der Waals surface area contributed by atoms with Crippen LogP contribution in [0.25, 0.3) is 0 Å². The fourth-order valence-electron chi connectivity index (χ4n) is 2.31. The Morgan fingerprint density at radius 1 is 1.14 bits per heavy atom. The highest BCUT2D eigenvalue weighted by Gasteiger charge is 2.13. The van der Waals surface area contributed by atoms with Gasteiger partial charge in [0, 0.05) is 6.54 Å². The Kier molecular flexibility index (Phi) is 4.14. The van der Waals surface area contributed by atoms with E-state index in [1.807, 2.05) is 30.3 Å². The highest BCUT2D eigenvalue weighted by Crippen LogP contribution is 2.30. The summed E-state index contributed by atoms with van der Waals surface area (Å²) < 4.78 is 16.2. The van der Waals surface area contributed by atoms with Crippen LogP contribution in [0.2, 0.25) is 0 Å². The van der Waals surface area contributed by atoms with Gasteiger partial charge < -0.3 is 19.5 Å². The predicted octanol–water partition coefficient (Wildman–Crippen LogP) is 2.40. The van der Waals surface area contributed by atoms with Gasteiger partial charge in [0.1, 0.15) is 19.0 Å². The third-order valence-corrected chi connectivity index (χ3v) is 3.41. The average molecular weight is 299 g/mol. The Hall–Kier alpha value is -2.69. The first kappa shape index (κ1) is 14.3. The summed E-state index contributed by atoms with van der Waals surface area (Å²) in [4.78, 5) is 12.2. The van der Waals surface area contributed by atoms with E-state index in [9.17, 15) is 4.79 Å². The number of para-hydroxylation sites is 1. The molecule has 0 aromatic heterocycles. The van der Waals surface area contributed by atoms with Crippen molar-refractivity contribution in [3.05, 3.63) is 53.6 Å². The van der Waals surface area contributed by atoms with Crippen molar-refractivity contribution >= 4 is 5.91 Å². The molecule has 5 nitrogen and oxygen atoms in total. The van der Waals surface area contributed by atoms with E-state index in [0.29, 0.717) is 31.1 Å². The molecule has 2 aromatic rings. The number of rotatable bonds is 4. The van der Waals surface area contributed by atoms with Crippen molar-refractivity contribution in [2.75, 3.05) is 20.3 Å². The number of hydrogen-bond donors (Lipinski definition) is 1. The van der Waals surface area contributed by atoms with Crippen molar-refractivity contribution in [3.8, 4) is 17.2 Å². The Balaban J connectivity index is 1.68. The molecular formula is C17H17NO4. The summed E-state index contributed by atoms with van der Waals surface area (Å²) in [6, 6.07) is 12.8. The molecule has 1 heterocycles. The van der Waals surface area contributed by atoms with E-state index < -0.39 is 0 Å². The van der Waals surface area contributed by atoms with E-state index in [-0.39, 0.29) is 5.91 Å². The van der Waals surface area contributed by atoms with Crippen molar-refractivity contribution in [2.24, 2.45) is 0 Å². The maximum absolute atomic E-state index is 12.2. The van der Waals surface area contributed by atoms with Gasteiger partial charge in [-0.15, -0.1) is 0 Å². The number of carbonyl (C=O) groups is 1. The van der Waals surface area contributed by atoms with Crippen molar-refractivity contribution in [3.63, 3.8) is 0 Å². The zero-order valence-corrected chi connectivity index (χ0v) is 12.3. The smallest absolute Gasteiger partial charge is 0.255 e. The lowest BCUT2D eigenvalue weighted by Crippen LogP contribution is -2.23. The number of nitrogens with one attached hydrogen (secondary N) is 1. The molecule has 3 rings (SSSR count). The molecule has 0 radical (unpaired) electrons. The molecule has 22 heavy (non-hydrogen) atoms. The molecule has 2 aromatic carbocycles. The molecular weight excluding hydrogens is 282 g/mol. The number of benzene rings is 2. The van der Waals surface area contributed by atoms with Crippen molar-refractivity contribution in [2.45, 2.75) is 6.54 Å². The molecule has 0 fully saturated rings. The minimum Gasteiger partial charge on any atom is -0.496 e. The molecule has 1 amide bonds. The van der Waals surface area contributed by atoms with E-state index >= 15 is 0 Å². The Bertz CT molecular complexity index is 684. The minimum absolute atomic E-state index is 0.174. The van der Waals surface area contributed by atoms with Gasteiger partial charge in [-0.2, -0.15) is 0 Å². The summed E-state index contributed by atoms with van der Waals surface area (Å²) in [6.45, 7) is 1.52. The van der Waals surface area contributed by atoms with Crippen LogP contribution >= 0.6 is 0 Å². The second kappa shape index (κ2) is 6.39. The van der Waals surface area contributed by atoms with Crippen LogP contribution in [-0.2, 0) is 6.54 Å². The van der Waals surface area contributed by atoms with Crippen LogP contribution in [0.3, 0.4) is 0 Å². The summed E-state index contributed by atoms with van der Waals surface area (Å²) in [5, 5.41) is 2.88. The van der Waals surface area contributed by atoms with Crippen molar-refractivity contribution < 1.29 is 19.0 Å². The molecule has 0 saturated heterocycles. The topological polar surface area (TPSA) is 56.8 Å². The van der Waals surface area contributed by atoms with Crippen LogP contribution in [0, 0.1) is 0 Å². The molecule has 0 bridgehead atoms. The quantitative estimate of drug-likeness (QED) is 0.942. The van der Waals surface area contributed by atoms with E-state index in [2.05, 4.69) is 5.32 Å².